The third-order valence-corrected chi connectivity index (χ3v) is 12.1. The highest BCUT2D eigenvalue weighted by Crippen LogP contribution is 2.39. The average Bonchev–Trinajstić information content (AvgIpc) is 3.17. The number of rotatable bonds is 15. The van der Waals surface area contributed by atoms with Gasteiger partial charge in [0.1, 0.15) is 0 Å². The normalized spacial score (nSPS) is 13.2. The van der Waals surface area contributed by atoms with Crippen molar-refractivity contribution in [2.45, 2.75) is 198 Å². The van der Waals surface area contributed by atoms with E-state index in [1.807, 2.05) is 0 Å². The first kappa shape index (κ1) is 51.0. The molecule has 0 atom stereocenters. The van der Waals surface area contributed by atoms with Crippen LogP contribution in [0.2, 0.25) is 0 Å². The van der Waals surface area contributed by atoms with Crippen LogP contribution in [0.5, 0.6) is 0 Å². The van der Waals surface area contributed by atoms with Gasteiger partial charge in [0, 0.05) is 11.4 Å². The standard InChI is InChI=1S/C29H44N2.C28H40N2/c1-18(2)23-14-12-15-24(19(3)4)27(23)30-22(9)29(10,11)31-28-25(20(5)6)16-13-17-26(28)21(7)8;1-17(2)23-13-11-14-24(18(3)4)27(23)29-21(9)22(10)30-28-25(19(5)6)15-12-16-26(28)20(7)8/h12-21,31H,1-11H3;11-20H,1-10H3. The SMILES string of the molecule is CC(=Nc1c(C(C)C)cccc1C(C)C)C(C)(C)Nc1c(C(C)C)cccc1C(C)C.CC(=Nc1c(C(C)C)cccc1C(C)C)C(C)=Nc1c(C(C)C)cccc1C(C)C. The summed E-state index contributed by atoms with van der Waals surface area (Å²) in [6, 6.07) is 26.5. The minimum absolute atomic E-state index is 0.271. The maximum absolute atomic E-state index is 5.27. The molecule has 4 nitrogen and oxygen atoms in total. The van der Waals surface area contributed by atoms with Crippen molar-refractivity contribution in [3.05, 3.63) is 117 Å². The van der Waals surface area contributed by atoms with Crippen LogP contribution in [0.4, 0.5) is 22.7 Å². The molecule has 61 heavy (non-hydrogen) atoms. The van der Waals surface area contributed by atoms with E-state index in [0.717, 1.165) is 34.2 Å². The molecule has 0 aromatic heterocycles. The summed E-state index contributed by atoms with van der Waals surface area (Å²) < 4.78 is 0. The highest BCUT2D eigenvalue weighted by molar-refractivity contribution is 6.41. The zero-order valence-corrected chi connectivity index (χ0v) is 42.4. The Morgan fingerprint density at radius 3 is 0.803 bits per heavy atom. The second kappa shape index (κ2) is 22.2. The van der Waals surface area contributed by atoms with Crippen molar-refractivity contribution in [3.63, 3.8) is 0 Å². The van der Waals surface area contributed by atoms with E-state index >= 15 is 0 Å². The summed E-state index contributed by atoms with van der Waals surface area (Å²) >= 11 is 0. The van der Waals surface area contributed by atoms with Crippen molar-refractivity contribution < 1.29 is 0 Å². The topological polar surface area (TPSA) is 49.1 Å². The molecule has 4 heteroatoms. The number of nitrogens with one attached hydrogen (secondary N) is 1. The Kier molecular flexibility index (Phi) is 18.5. The largest absolute Gasteiger partial charge is 0.374 e. The van der Waals surface area contributed by atoms with Gasteiger partial charge in [-0.15, -0.1) is 0 Å². The molecule has 332 valence electrons. The number of hydrogen-bond acceptors (Lipinski definition) is 4. The molecule has 0 unspecified atom stereocenters. The van der Waals surface area contributed by atoms with Gasteiger partial charge in [0.15, 0.2) is 0 Å². The molecule has 4 aromatic rings. The van der Waals surface area contributed by atoms with Gasteiger partial charge in [-0.05, 0) is 126 Å². The number of anilines is 1. The van der Waals surface area contributed by atoms with Crippen LogP contribution in [0.3, 0.4) is 0 Å². The molecule has 4 aromatic carbocycles. The van der Waals surface area contributed by atoms with E-state index in [9.17, 15) is 0 Å². The minimum Gasteiger partial charge on any atom is -0.374 e. The Morgan fingerprint density at radius 1 is 0.361 bits per heavy atom. The van der Waals surface area contributed by atoms with Crippen LogP contribution in [0.25, 0.3) is 0 Å². The Balaban J connectivity index is 0.000000325. The lowest BCUT2D eigenvalue weighted by Crippen LogP contribution is -2.39. The van der Waals surface area contributed by atoms with Gasteiger partial charge in [-0.3, -0.25) is 15.0 Å². The van der Waals surface area contributed by atoms with Gasteiger partial charge in [0.25, 0.3) is 0 Å². The first-order valence-electron chi connectivity index (χ1n) is 23.4. The Morgan fingerprint density at radius 2 is 0.574 bits per heavy atom. The fourth-order valence-corrected chi connectivity index (χ4v) is 7.83. The molecule has 0 saturated carbocycles. The zero-order chi connectivity index (χ0) is 46.1. The van der Waals surface area contributed by atoms with E-state index in [-0.39, 0.29) is 5.54 Å². The summed E-state index contributed by atoms with van der Waals surface area (Å²) in [7, 11) is 0. The number of aliphatic imine (C=N–C) groups is 3. The lowest BCUT2D eigenvalue weighted by atomic mass is 9.89. The molecule has 0 saturated heterocycles. The minimum atomic E-state index is -0.271. The highest BCUT2D eigenvalue weighted by Gasteiger charge is 2.27. The molecule has 0 amide bonds. The van der Waals surface area contributed by atoms with E-state index in [1.165, 1.54) is 50.2 Å². The molecule has 1 N–H and O–H groups in total. The fraction of sp³-hybridized carbons (Fsp3) is 0.526. The molecule has 0 bridgehead atoms. The average molecular weight is 825 g/mol. The summed E-state index contributed by atoms with van der Waals surface area (Å²) in [6.45, 7) is 46.9. The van der Waals surface area contributed by atoms with Crippen molar-refractivity contribution in [3.8, 4) is 0 Å². The number of benzene rings is 4. The summed E-state index contributed by atoms with van der Waals surface area (Å²) in [5.41, 5.74) is 18.1. The predicted octanol–water partition coefficient (Wildman–Crippen LogP) is 18.2. The maximum atomic E-state index is 5.27. The van der Waals surface area contributed by atoms with Crippen LogP contribution in [0.1, 0.15) is 237 Å². The molecular weight excluding hydrogens is 741 g/mol. The van der Waals surface area contributed by atoms with Gasteiger partial charge in [-0.25, -0.2) is 0 Å². The smallest absolute Gasteiger partial charge is 0.0702 e. The van der Waals surface area contributed by atoms with E-state index in [2.05, 4.69) is 224 Å². The number of hydrogen-bond donors (Lipinski definition) is 1. The van der Waals surface area contributed by atoms with Crippen molar-refractivity contribution in [2.75, 3.05) is 5.32 Å². The molecule has 0 aliphatic heterocycles. The third-order valence-electron chi connectivity index (χ3n) is 12.1. The van der Waals surface area contributed by atoms with Crippen LogP contribution < -0.4 is 5.32 Å². The van der Waals surface area contributed by atoms with Crippen molar-refractivity contribution in [2.24, 2.45) is 15.0 Å². The number of nitrogens with zero attached hydrogens (tertiary/aromatic N) is 3. The zero-order valence-electron chi connectivity index (χ0n) is 42.4. The number of para-hydroxylation sites is 4. The van der Waals surface area contributed by atoms with E-state index < -0.39 is 0 Å². The van der Waals surface area contributed by atoms with E-state index in [1.54, 1.807) is 0 Å². The van der Waals surface area contributed by atoms with Gasteiger partial charge < -0.3 is 5.32 Å². The van der Waals surface area contributed by atoms with Gasteiger partial charge in [-0.2, -0.15) is 0 Å². The fourth-order valence-electron chi connectivity index (χ4n) is 7.83. The summed E-state index contributed by atoms with van der Waals surface area (Å²) in [6.07, 6.45) is 0. The van der Waals surface area contributed by atoms with Crippen molar-refractivity contribution >= 4 is 39.9 Å². The second-order valence-electron chi connectivity index (χ2n) is 20.2. The van der Waals surface area contributed by atoms with Gasteiger partial charge in [0.05, 0.1) is 34.0 Å². The lowest BCUT2D eigenvalue weighted by Gasteiger charge is -2.32. The summed E-state index contributed by atoms with van der Waals surface area (Å²) in [5.74, 6) is 3.53. The first-order valence-corrected chi connectivity index (χ1v) is 23.4. The van der Waals surface area contributed by atoms with Crippen LogP contribution >= 0.6 is 0 Å². The monoisotopic (exact) mass is 825 g/mol. The summed E-state index contributed by atoms with van der Waals surface area (Å²) in [4.78, 5) is 15.5. The highest BCUT2D eigenvalue weighted by atomic mass is 15.0. The van der Waals surface area contributed by atoms with Crippen molar-refractivity contribution in [1.29, 1.82) is 0 Å². The summed E-state index contributed by atoms with van der Waals surface area (Å²) in [5, 5.41) is 3.90. The molecular formula is C57H84N4. The van der Waals surface area contributed by atoms with E-state index in [0.29, 0.717) is 47.3 Å². The molecule has 0 heterocycles. The molecule has 0 aliphatic rings. The van der Waals surface area contributed by atoms with Gasteiger partial charge in [0.2, 0.25) is 0 Å². The molecule has 0 aliphatic carbocycles. The Bertz CT molecular complexity index is 1970. The molecule has 0 spiro atoms. The van der Waals surface area contributed by atoms with Crippen LogP contribution in [-0.2, 0) is 0 Å². The predicted molar refractivity (Wildman–Crippen MR) is 274 cm³/mol. The second-order valence-corrected chi connectivity index (χ2v) is 20.2. The first-order chi connectivity index (χ1) is 28.4. The van der Waals surface area contributed by atoms with Gasteiger partial charge in [-0.1, -0.05) is 184 Å². The molecule has 0 radical (unpaired) electrons. The molecule has 4 rings (SSSR count). The van der Waals surface area contributed by atoms with E-state index in [4.69, 9.17) is 15.0 Å². The van der Waals surface area contributed by atoms with Crippen LogP contribution in [-0.4, -0.2) is 22.7 Å². The Hall–Kier alpha value is -4.31. The molecule has 0 fully saturated rings. The quantitative estimate of drug-likeness (QED) is 0.119. The Labute approximate surface area is 374 Å². The van der Waals surface area contributed by atoms with Crippen molar-refractivity contribution in [1.82, 2.24) is 0 Å². The van der Waals surface area contributed by atoms with Crippen LogP contribution in [0.15, 0.2) is 87.8 Å². The third kappa shape index (κ3) is 13.1. The lowest BCUT2D eigenvalue weighted by molar-refractivity contribution is 0.736. The van der Waals surface area contributed by atoms with Gasteiger partial charge >= 0.3 is 0 Å². The van der Waals surface area contributed by atoms with Crippen LogP contribution in [0, 0.1) is 0 Å². The maximum Gasteiger partial charge on any atom is 0.0702 e.